The number of imidazole rings is 1. The van der Waals surface area contributed by atoms with Crippen molar-refractivity contribution in [3.63, 3.8) is 0 Å². The second-order valence-corrected chi connectivity index (χ2v) is 8.05. The number of likely N-dealkylation sites (N-methyl/N-ethyl adjacent to an activating group) is 1. The van der Waals surface area contributed by atoms with Crippen LogP contribution < -0.4 is 4.90 Å². The smallest absolute Gasteiger partial charge is 0.374 e. The van der Waals surface area contributed by atoms with Gasteiger partial charge in [0.15, 0.2) is 5.82 Å². The van der Waals surface area contributed by atoms with E-state index in [9.17, 15) is 13.2 Å². The van der Waals surface area contributed by atoms with Crippen molar-refractivity contribution in [1.82, 2.24) is 9.97 Å². The number of nitrogens with zero attached hydrogens (tertiary/aromatic N) is 2. The first-order valence-corrected chi connectivity index (χ1v) is 9.84. The molecule has 0 aliphatic carbocycles. The summed E-state index contributed by atoms with van der Waals surface area (Å²) in [5.74, 6) is -0.291. The van der Waals surface area contributed by atoms with E-state index in [1.807, 2.05) is 31.3 Å². The molecule has 1 N–H and O–H groups in total. The Bertz CT molecular complexity index is 1240. The fraction of sp³-hybridized carbons (Fsp3) is 0.190. The van der Waals surface area contributed by atoms with E-state index in [1.165, 1.54) is 23.5 Å². The van der Waals surface area contributed by atoms with Gasteiger partial charge in [-0.3, -0.25) is 0 Å². The number of nitrogens with one attached hydrogen (secondary N) is 1. The number of aromatic nitrogens is 2. The average molecular weight is 417 g/mol. The highest BCUT2D eigenvalue weighted by atomic mass is 32.1. The molecule has 0 saturated carbocycles. The van der Waals surface area contributed by atoms with Crippen molar-refractivity contribution in [3.05, 3.63) is 59.4 Å². The first-order valence-electron chi connectivity index (χ1n) is 9.02. The van der Waals surface area contributed by atoms with Crippen LogP contribution in [0.1, 0.15) is 11.1 Å². The summed E-state index contributed by atoms with van der Waals surface area (Å²) in [6.45, 7) is 0.648. The Balaban J connectivity index is 1.71. The molecule has 0 atom stereocenters. The normalized spacial score (nSPS) is 14.0. The first-order chi connectivity index (χ1) is 13.8. The molecule has 3 nitrogen and oxygen atoms in total. The summed E-state index contributed by atoms with van der Waals surface area (Å²) in [6.07, 6.45) is -4.02. The van der Waals surface area contributed by atoms with Crippen molar-refractivity contribution in [2.24, 2.45) is 0 Å². The van der Waals surface area contributed by atoms with Gasteiger partial charge in [-0.05, 0) is 24.6 Å². The van der Waals surface area contributed by atoms with Crippen molar-refractivity contribution in [2.45, 2.75) is 12.6 Å². The standard InChI is InChI=1S/C21H15F4N3S/c1-28-10-9-12-16(22)19(29-18(12)11-5-2-3-8-15(11)28)20-26-14-7-4-6-13(17(14)27-20)21(23,24)25/h2-8H,9-10H2,1H3,(H,26,27). The van der Waals surface area contributed by atoms with Crippen molar-refractivity contribution in [2.75, 3.05) is 18.5 Å². The maximum absolute atomic E-state index is 15.4. The van der Waals surface area contributed by atoms with E-state index in [2.05, 4.69) is 14.9 Å². The number of H-pyrrole nitrogens is 1. The van der Waals surface area contributed by atoms with Gasteiger partial charge in [-0.25, -0.2) is 9.37 Å². The number of aromatic amines is 1. The zero-order valence-corrected chi connectivity index (χ0v) is 16.1. The Hall–Kier alpha value is -2.87. The number of alkyl halides is 3. The van der Waals surface area contributed by atoms with Crippen LogP contribution in [0.15, 0.2) is 42.5 Å². The fourth-order valence-electron chi connectivity index (χ4n) is 3.81. The Morgan fingerprint density at radius 1 is 1.07 bits per heavy atom. The topological polar surface area (TPSA) is 31.9 Å². The summed E-state index contributed by atoms with van der Waals surface area (Å²) in [4.78, 5) is 10.1. The van der Waals surface area contributed by atoms with Gasteiger partial charge in [0.2, 0.25) is 0 Å². The monoisotopic (exact) mass is 417 g/mol. The maximum atomic E-state index is 15.4. The van der Waals surface area contributed by atoms with Crippen LogP contribution >= 0.6 is 11.3 Å². The number of fused-ring (bicyclic) bond motifs is 4. The Morgan fingerprint density at radius 3 is 2.66 bits per heavy atom. The number of thiophene rings is 1. The third-order valence-electron chi connectivity index (χ3n) is 5.23. The van der Waals surface area contributed by atoms with Crippen LogP contribution in [0.5, 0.6) is 0 Å². The van der Waals surface area contributed by atoms with E-state index in [1.54, 1.807) is 0 Å². The average Bonchev–Trinajstić information content (AvgIpc) is 3.22. The molecular formula is C21H15F4N3S. The molecule has 0 saturated heterocycles. The van der Waals surface area contributed by atoms with Crippen molar-refractivity contribution >= 4 is 28.1 Å². The summed E-state index contributed by atoms with van der Waals surface area (Å²) in [5.41, 5.74) is 1.71. The van der Waals surface area contributed by atoms with Gasteiger partial charge in [-0.15, -0.1) is 11.3 Å². The van der Waals surface area contributed by atoms with E-state index in [4.69, 9.17) is 0 Å². The molecule has 0 spiro atoms. The van der Waals surface area contributed by atoms with Crippen LogP contribution in [0.2, 0.25) is 0 Å². The molecule has 29 heavy (non-hydrogen) atoms. The van der Waals surface area contributed by atoms with Crippen molar-refractivity contribution in [3.8, 4) is 21.1 Å². The highest BCUT2D eigenvalue weighted by Gasteiger charge is 2.34. The molecule has 0 bridgehead atoms. The quantitative estimate of drug-likeness (QED) is 0.379. The molecule has 5 rings (SSSR count). The minimum Gasteiger partial charge on any atom is -0.374 e. The zero-order valence-electron chi connectivity index (χ0n) is 15.3. The number of halogens is 4. The molecule has 3 heterocycles. The molecule has 0 radical (unpaired) electrons. The van der Waals surface area contributed by atoms with Gasteiger partial charge in [0.1, 0.15) is 16.2 Å². The van der Waals surface area contributed by atoms with Crippen LogP contribution in [-0.2, 0) is 12.6 Å². The largest absolute Gasteiger partial charge is 0.418 e. The van der Waals surface area contributed by atoms with Crippen LogP contribution in [0.25, 0.3) is 32.2 Å². The number of benzene rings is 2. The minimum atomic E-state index is -4.53. The SMILES string of the molecule is CN1CCc2c(sc(-c3nc4c(C(F)(F)F)cccc4[nH]3)c2F)-c2ccccc21. The van der Waals surface area contributed by atoms with E-state index < -0.39 is 17.6 Å². The molecule has 0 fully saturated rings. The van der Waals surface area contributed by atoms with Crippen LogP contribution in [0.3, 0.4) is 0 Å². The summed E-state index contributed by atoms with van der Waals surface area (Å²) in [7, 11) is 1.96. The summed E-state index contributed by atoms with van der Waals surface area (Å²) < 4.78 is 55.3. The predicted octanol–water partition coefficient (Wildman–Crippen LogP) is 6.11. The second-order valence-electron chi connectivity index (χ2n) is 7.03. The van der Waals surface area contributed by atoms with Gasteiger partial charge >= 0.3 is 6.18 Å². The van der Waals surface area contributed by atoms with Gasteiger partial charge in [0, 0.05) is 35.3 Å². The van der Waals surface area contributed by atoms with Gasteiger partial charge < -0.3 is 9.88 Å². The zero-order chi connectivity index (χ0) is 20.3. The van der Waals surface area contributed by atoms with Crippen LogP contribution in [0, 0.1) is 5.82 Å². The first kappa shape index (κ1) is 18.2. The van der Waals surface area contributed by atoms with Crippen molar-refractivity contribution < 1.29 is 17.6 Å². The van der Waals surface area contributed by atoms with E-state index >= 15 is 4.39 Å². The van der Waals surface area contributed by atoms with E-state index in [-0.39, 0.29) is 21.7 Å². The number of rotatable bonds is 1. The van der Waals surface area contributed by atoms with Crippen LogP contribution in [0.4, 0.5) is 23.2 Å². The number of hydrogen-bond donors (Lipinski definition) is 1. The third kappa shape index (κ3) is 2.81. The molecule has 1 aliphatic heterocycles. The molecule has 2 aromatic heterocycles. The minimum absolute atomic E-state index is 0.123. The van der Waals surface area contributed by atoms with E-state index in [0.717, 1.165) is 22.2 Å². The number of para-hydroxylation sites is 2. The van der Waals surface area contributed by atoms with Crippen LogP contribution in [-0.4, -0.2) is 23.6 Å². The van der Waals surface area contributed by atoms with E-state index in [0.29, 0.717) is 18.5 Å². The molecule has 8 heteroatoms. The fourth-order valence-corrected chi connectivity index (χ4v) is 5.01. The second kappa shape index (κ2) is 6.32. The van der Waals surface area contributed by atoms with Gasteiger partial charge in [-0.1, -0.05) is 24.3 Å². The van der Waals surface area contributed by atoms with Crippen molar-refractivity contribution in [1.29, 1.82) is 0 Å². The lowest BCUT2D eigenvalue weighted by molar-refractivity contribution is -0.136. The lowest BCUT2D eigenvalue weighted by atomic mass is 10.1. The predicted molar refractivity (Wildman–Crippen MR) is 107 cm³/mol. The highest BCUT2D eigenvalue weighted by molar-refractivity contribution is 7.19. The highest BCUT2D eigenvalue weighted by Crippen LogP contribution is 2.46. The molecule has 0 amide bonds. The molecule has 0 unspecified atom stereocenters. The lowest BCUT2D eigenvalue weighted by Crippen LogP contribution is -2.19. The number of anilines is 1. The van der Waals surface area contributed by atoms with Gasteiger partial charge in [-0.2, -0.15) is 13.2 Å². The molecular weight excluding hydrogens is 402 g/mol. The number of hydrogen-bond acceptors (Lipinski definition) is 3. The maximum Gasteiger partial charge on any atom is 0.418 e. The molecule has 2 aromatic carbocycles. The van der Waals surface area contributed by atoms with Gasteiger partial charge in [0.05, 0.1) is 11.1 Å². The summed E-state index contributed by atoms with van der Waals surface area (Å²) in [6, 6.07) is 11.6. The van der Waals surface area contributed by atoms with Gasteiger partial charge in [0.25, 0.3) is 0 Å². The molecule has 4 aromatic rings. The lowest BCUT2D eigenvalue weighted by Gasteiger charge is -2.18. The molecule has 148 valence electrons. The Labute approximate surface area is 167 Å². The summed E-state index contributed by atoms with van der Waals surface area (Å²) in [5, 5.41) is 0. The third-order valence-corrected chi connectivity index (χ3v) is 6.48. The Kier molecular flexibility index (Phi) is 3.96. The Morgan fingerprint density at radius 2 is 1.86 bits per heavy atom. The molecule has 1 aliphatic rings. The summed E-state index contributed by atoms with van der Waals surface area (Å²) >= 11 is 1.23.